The minimum Gasteiger partial charge on any atom is -0.466 e. The number of benzene rings is 2. The van der Waals surface area contributed by atoms with Crippen molar-refractivity contribution < 1.29 is 27.5 Å². The summed E-state index contributed by atoms with van der Waals surface area (Å²) in [5.74, 6) is -1.63. The molecule has 2 aromatic carbocycles. The lowest BCUT2D eigenvalue weighted by molar-refractivity contribution is -0.148. The normalized spacial score (nSPS) is 12.3. The van der Waals surface area contributed by atoms with Crippen molar-refractivity contribution in [2.75, 3.05) is 13.2 Å². The molecule has 0 aliphatic rings. The van der Waals surface area contributed by atoms with Crippen LogP contribution in [0.4, 0.5) is 13.2 Å². The number of alkyl halides is 3. The molecule has 0 N–H and O–H groups in total. The van der Waals surface area contributed by atoms with Crippen molar-refractivity contribution in [2.24, 2.45) is 5.92 Å². The number of ether oxygens (including phenoxy) is 1. The lowest BCUT2D eigenvalue weighted by atomic mass is 10.0. The Labute approximate surface area is 161 Å². The van der Waals surface area contributed by atoms with Gasteiger partial charge in [-0.25, -0.2) is 0 Å². The van der Waals surface area contributed by atoms with E-state index in [2.05, 4.69) is 0 Å². The fourth-order valence-electron chi connectivity index (χ4n) is 2.81. The Bertz CT molecular complexity index is 806. The zero-order chi connectivity index (χ0) is 20.7. The van der Waals surface area contributed by atoms with Crippen molar-refractivity contribution in [1.82, 2.24) is 4.90 Å². The van der Waals surface area contributed by atoms with E-state index in [1.54, 1.807) is 44.2 Å². The van der Waals surface area contributed by atoms with Crippen molar-refractivity contribution in [2.45, 2.75) is 26.6 Å². The zero-order valence-corrected chi connectivity index (χ0v) is 15.7. The van der Waals surface area contributed by atoms with Gasteiger partial charge < -0.3 is 9.64 Å². The van der Waals surface area contributed by atoms with Crippen LogP contribution in [0.2, 0.25) is 0 Å². The second kappa shape index (κ2) is 9.39. The molecule has 1 amide bonds. The molecular formula is C21H22F3NO3. The van der Waals surface area contributed by atoms with E-state index >= 15 is 0 Å². The van der Waals surface area contributed by atoms with Gasteiger partial charge in [0.05, 0.1) is 18.1 Å². The summed E-state index contributed by atoms with van der Waals surface area (Å²) in [6, 6.07) is 13.4. The maximum absolute atomic E-state index is 13.3. The molecule has 0 saturated heterocycles. The van der Waals surface area contributed by atoms with Gasteiger partial charge in [0, 0.05) is 18.7 Å². The molecule has 0 radical (unpaired) electrons. The number of rotatable bonds is 7. The van der Waals surface area contributed by atoms with Crippen LogP contribution in [0, 0.1) is 5.92 Å². The standard InChI is InChI=1S/C21H22F3NO3/c1-3-28-20(27)15(2)13-25(19(26)16-9-5-4-6-10-16)14-17-11-7-8-12-18(17)21(22,23)24/h4-12,15H,3,13-14H2,1-2H3. The summed E-state index contributed by atoms with van der Waals surface area (Å²) in [7, 11) is 0. The van der Waals surface area contributed by atoms with E-state index in [1.165, 1.54) is 23.1 Å². The molecule has 0 aromatic heterocycles. The first-order chi connectivity index (χ1) is 13.2. The van der Waals surface area contributed by atoms with Crippen LogP contribution in [-0.4, -0.2) is 29.9 Å². The fourth-order valence-corrected chi connectivity index (χ4v) is 2.81. The van der Waals surface area contributed by atoms with Gasteiger partial charge >= 0.3 is 12.1 Å². The molecule has 150 valence electrons. The molecule has 0 aliphatic heterocycles. The topological polar surface area (TPSA) is 46.6 Å². The highest BCUT2D eigenvalue weighted by atomic mass is 19.4. The van der Waals surface area contributed by atoms with Gasteiger partial charge in [0.2, 0.25) is 0 Å². The Balaban J connectivity index is 2.34. The molecular weight excluding hydrogens is 371 g/mol. The van der Waals surface area contributed by atoms with Crippen molar-refractivity contribution in [3.05, 3.63) is 71.3 Å². The molecule has 0 spiro atoms. The second-order valence-electron chi connectivity index (χ2n) is 6.36. The van der Waals surface area contributed by atoms with E-state index in [0.717, 1.165) is 6.07 Å². The Hall–Kier alpha value is -2.83. The molecule has 0 aliphatic carbocycles. The van der Waals surface area contributed by atoms with Crippen LogP contribution in [0.1, 0.15) is 35.3 Å². The van der Waals surface area contributed by atoms with E-state index in [9.17, 15) is 22.8 Å². The van der Waals surface area contributed by atoms with Crippen LogP contribution in [-0.2, 0) is 22.3 Å². The lowest BCUT2D eigenvalue weighted by Gasteiger charge is -2.27. The first-order valence-corrected chi connectivity index (χ1v) is 8.90. The molecule has 0 heterocycles. The van der Waals surface area contributed by atoms with Crippen molar-refractivity contribution in [3.63, 3.8) is 0 Å². The highest BCUT2D eigenvalue weighted by Gasteiger charge is 2.34. The Morgan fingerprint density at radius 3 is 2.25 bits per heavy atom. The largest absolute Gasteiger partial charge is 0.466 e. The number of amides is 1. The van der Waals surface area contributed by atoms with E-state index in [-0.39, 0.29) is 25.3 Å². The lowest BCUT2D eigenvalue weighted by Crippen LogP contribution is -2.37. The number of esters is 1. The zero-order valence-electron chi connectivity index (χ0n) is 15.7. The van der Waals surface area contributed by atoms with Gasteiger partial charge in [0.1, 0.15) is 0 Å². The molecule has 1 atom stereocenters. The third-order valence-electron chi connectivity index (χ3n) is 4.18. The molecule has 2 aromatic rings. The smallest absolute Gasteiger partial charge is 0.416 e. The number of halogens is 3. The summed E-state index contributed by atoms with van der Waals surface area (Å²) in [6.45, 7) is 3.11. The number of hydrogen-bond acceptors (Lipinski definition) is 3. The molecule has 28 heavy (non-hydrogen) atoms. The molecule has 4 nitrogen and oxygen atoms in total. The van der Waals surface area contributed by atoms with Gasteiger partial charge in [-0.1, -0.05) is 43.3 Å². The van der Waals surface area contributed by atoms with Crippen LogP contribution in [0.3, 0.4) is 0 Å². The van der Waals surface area contributed by atoms with Crippen LogP contribution in [0.5, 0.6) is 0 Å². The molecule has 0 saturated carbocycles. The maximum Gasteiger partial charge on any atom is 0.416 e. The third-order valence-corrected chi connectivity index (χ3v) is 4.18. The predicted molar refractivity (Wildman–Crippen MR) is 98.4 cm³/mol. The first kappa shape index (κ1) is 21.5. The number of hydrogen-bond donors (Lipinski definition) is 0. The van der Waals surface area contributed by atoms with Gasteiger partial charge in [0.15, 0.2) is 0 Å². The minimum absolute atomic E-state index is 0.0321. The van der Waals surface area contributed by atoms with Crippen LogP contribution >= 0.6 is 0 Å². The molecule has 1 unspecified atom stereocenters. The number of nitrogens with zero attached hydrogens (tertiary/aromatic N) is 1. The van der Waals surface area contributed by atoms with E-state index < -0.39 is 29.5 Å². The highest BCUT2D eigenvalue weighted by Crippen LogP contribution is 2.32. The average molecular weight is 393 g/mol. The first-order valence-electron chi connectivity index (χ1n) is 8.90. The Morgan fingerprint density at radius 1 is 1.04 bits per heavy atom. The Morgan fingerprint density at radius 2 is 1.64 bits per heavy atom. The Kier molecular flexibility index (Phi) is 7.20. The number of carbonyl (C=O) groups excluding carboxylic acids is 2. The van der Waals surface area contributed by atoms with Crippen molar-refractivity contribution >= 4 is 11.9 Å². The highest BCUT2D eigenvalue weighted by molar-refractivity contribution is 5.94. The molecule has 0 fully saturated rings. The average Bonchev–Trinajstić information content (AvgIpc) is 2.67. The van der Waals surface area contributed by atoms with E-state index in [0.29, 0.717) is 5.56 Å². The summed E-state index contributed by atoms with van der Waals surface area (Å²) >= 11 is 0. The summed E-state index contributed by atoms with van der Waals surface area (Å²) in [5, 5.41) is 0. The summed E-state index contributed by atoms with van der Waals surface area (Å²) in [5.41, 5.74) is -0.497. The van der Waals surface area contributed by atoms with Gasteiger partial charge in [0.25, 0.3) is 5.91 Å². The molecule has 7 heteroatoms. The SMILES string of the molecule is CCOC(=O)C(C)CN(Cc1ccccc1C(F)(F)F)C(=O)c1ccccc1. The van der Waals surface area contributed by atoms with Crippen molar-refractivity contribution in [1.29, 1.82) is 0 Å². The second-order valence-corrected chi connectivity index (χ2v) is 6.36. The van der Waals surface area contributed by atoms with Gasteiger partial charge in [-0.2, -0.15) is 13.2 Å². The monoisotopic (exact) mass is 393 g/mol. The summed E-state index contributed by atoms with van der Waals surface area (Å²) in [4.78, 5) is 26.1. The van der Waals surface area contributed by atoms with E-state index in [1.807, 2.05) is 0 Å². The summed E-state index contributed by atoms with van der Waals surface area (Å²) < 4.78 is 45.0. The van der Waals surface area contributed by atoms with Gasteiger partial charge in [-0.05, 0) is 30.7 Å². The molecule has 2 rings (SSSR count). The summed E-state index contributed by atoms with van der Waals surface area (Å²) in [6.07, 6.45) is -4.54. The predicted octanol–water partition coefficient (Wildman–Crippen LogP) is 4.55. The van der Waals surface area contributed by atoms with Crippen LogP contribution in [0.15, 0.2) is 54.6 Å². The maximum atomic E-state index is 13.3. The van der Waals surface area contributed by atoms with E-state index in [4.69, 9.17) is 4.74 Å². The number of carbonyl (C=O) groups is 2. The fraction of sp³-hybridized carbons (Fsp3) is 0.333. The minimum atomic E-state index is -4.54. The quantitative estimate of drug-likeness (QED) is 0.649. The third kappa shape index (κ3) is 5.58. The van der Waals surface area contributed by atoms with Gasteiger partial charge in [-0.3, -0.25) is 9.59 Å². The van der Waals surface area contributed by atoms with Crippen LogP contribution in [0.25, 0.3) is 0 Å². The van der Waals surface area contributed by atoms with Gasteiger partial charge in [-0.15, -0.1) is 0 Å². The molecule has 0 bridgehead atoms. The van der Waals surface area contributed by atoms with Crippen molar-refractivity contribution in [3.8, 4) is 0 Å². The van der Waals surface area contributed by atoms with Crippen LogP contribution < -0.4 is 0 Å².